The Hall–Kier alpha value is -2.58. The van der Waals surface area contributed by atoms with Crippen LogP contribution in [0.3, 0.4) is 0 Å². The van der Waals surface area contributed by atoms with E-state index in [1.165, 1.54) is 0 Å². The molecule has 1 aliphatic rings. The van der Waals surface area contributed by atoms with Crippen LogP contribution < -0.4 is 0 Å². The third kappa shape index (κ3) is 2.31. The van der Waals surface area contributed by atoms with Crippen molar-refractivity contribution in [2.75, 3.05) is 0 Å². The molecule has 3 heteroatoms. The van der Waals surface area contributed by atoms with Gasteiger partial charge in [0.15, 0.2) is 5.00 Å². The van der Waals surface area contributed by atoms with Gasteiger partial charge in [0.25, 0.3) is 5.91 Å². The van der Waals surface area contributed by atoms with Crippen molar-refractivity contribution in [1.29, 1.82) is 0 Å². The van der Waals surface area contributed by atoms with Gasteiger partial charge in [-0.15, -0.1) is 0 Å². The Labute approximate surface area is 146 Å². The number of carbonyl (C=O) groups is 1. The first-order valence-electron chi connectivity index (χ1n) is 7.91. The van der Waals surface area contributed by atoms with Gasteiger partial charge in [0.2, 0.25) is 0 Å². The summed E-state index contributed by atoms with van der Waals surface area (Å²) < 4.78 is 0. The number of hydrogen-bond donors (Lipinski definition) is 0. The topological polar surface area (TPSA) is 20.1 Å². The van der Waals surface area contributed by atoms with Crippen LogP contribution in [-0.2, 0) is 5.00 Å². The van der Waals surface area contributed by atoms with E-state index < -0.39 is 5.00 Å². The third-order valence-electron chi connectivity index (χ3n) is 4.44. The Morgan fingerprint density at radius 1 is 0.792 bits per heavy atom. The van der Waals surface area contributed by atoms with E-state index in [1.807, 2.05) is 91.0 Å². The van der Waals surface area contributed by atoms with Gasteiger partial charge >= 0.3 is 0 Å². The van der Waals surface area contributed by atoms with E-state index in [0.717, 1.165) is 11.1 Å². The van der Waals surface area contributed by atoms with Gasteiger partial charge in [0.1, 0.15) is 6.04 Å². The normalized spacial score (nSPS) is 22.2. The van der Waals surface area contributed by atoms with Crippen LogP contribution in [0.25, 0.3) is 0 Å². The minimum absolute atomic E-state index is 0.0525. The summed E-state index contributed by atoms with van der Waals surface area (Å²) in [4.78, 5) is 13.9. The summed E-state index contributed by atoms with van der Waals surface area (Å²) >= 11 is 6.99. The van der Waals surface area contributed by atoms with Gasteiger partial charge in [-0.1, -0.05) is 90.5 Å². The zero-order valence-electron chi connectivity index (χ0n) is 13.0. The summed E-state index contributed by atoms with van der Waals surface area (Å²) in [5.74, 6) is -0.0525. The Kier molecular flexibility index (Phi) is 3.62. The predicted molar refractivity (Wildman–Crippen MR) is 95.8 cm³/mol. The van der Waals surface area contributed by atoms with Crippen molar-refractivity contribution in [3.05, 3.63) is 108 Å². The molecule has 2 nitrogen and oxygen atoms in total. The van der Waals surface area contributed by atoms with Crippen molar-refractivity contribution in [2.24, 2.45) is 0 Å². The fourth-order valence-corrected chi connectivity index (χ4v) is 3.70. The first kappa shape index (κ1) is 15.0. The molecule has 1 amide bonds. The monoisotopic (exact) mass is 333 g/mol. The molecule has 0 bridgehead atoms. The average Bonchev–Trinajstić information content (AvgIpc) is 3.30. The van der Waals surface area contributed by atoms with Crippen LogP contribution >= 0.6 is 11.6 Å². The molecule has 0 saturated carbocycles. The minimum Gasteiger partial charge on any atom is -0.302 e. The molecule has 3 aromatic carbocycles. The largest absolute Gasteiger partial charge is 0.302 e. The van der Waals surface area contributed by atoms with Crippen LogP contribution in [-0.4, -0.2) is 10.8 Å². The van der Waals surface area contributed by atoms with Gasteiger partial charge in [-0.3, -0.25) is 4.79 Å². The lowest BCUT2D eigenvalue weighted by Crippen LogP contribution is -2.17. The number of halogens is 1. The number of carbonyl (C=O) groups excluding carboxylic acids is 1. The lowest BCUT2D eigenvalue weighted by Gasteiger charge is -2.10. The van der Waals surface area contributed by atoms with Gasteiger partial charge in [0.05, 0.1) is 0 Å². The highest BCUT2D eigenvalue weighted by Gasteiger charge is 2.66. The molecule has 1 saturated heterocycles. The van der Waals surface area contributed by atoms with Crippen molar-refractivity contribution >= 4 is 17.5 Å². The van der Waals surface area contributed by atoms with Crippen LogP contribution in [0.5, 0.6) is 0 Å². The predicted octanol–water partition coefficient (Wildman–Crippen LogP) is 4.98. The van der Waals surface area contributed by atoms with Crippen LogP contribution in [0.15, 0.2) is 91.0 Å². The first-order chi connectivity index (χ1) is 11.7. The molecular weight excluding hydrogens is 318 g/mol. The lowest BCUT2D eigenvalue weighted by molar-refractivity contribution is 0.0858. The van der Waals surface area contributed by atoms with Crippen LogP contribution in [0, 0.1) is 0 Å². The molecule has 0 N–H and O–H groups in total. The highest BCUT2D eigenvalue weighted by Crippen LogP contribution is 2.63. The van der Waals surface area contributed by atoms with Gasteiger partial charge in [-0.05, 0) is 23.3 Å². The van der Waals surface area contributed by atoms with Gasteiger partial charge in [-0.25, -0.2) is 0 Å². The maximum atomic E-state index is 13.0. The molecule has 1 fully saturated rings. The Morgan fingerprint density at radius 2 is 1.29 bits per heavy atom. The van der Waals surface area contributed by atoms with E-state index in [2.05, 4.69) is 0 Å². The molecule has 0 radical (unpaired) electrons. The van der Waals surface area contributed by atoms with Crippen molar-refractivity contribution < 1.29 is 4.79 Å². The Balaban J connectivity index is 1.78. The fourth-order valence-electron chi connectivity index (χ4n) is 3.23. The summed E-state index contributed by atoms with van der Waals surface area (Å²) in [5.41, 5.74) is 2.63. The summed E-state index contributed by atoms with van der Waals surface area (Å²) in [5, 5.41) is 0. The summed E-state index contributed by atoms with van der Waals surface area (Å²) in [6.45, 7) is 0. The second-order valence-electron chi connectivity index (χ2n) is 5.89. The van der Waals surface area contributed by atoms with E-state index in [1.54, 1.807) is 4.90 Å². The third-order valence-corrected chi connectivity index (χ3v) is 5.04. The molecule has 4 rings (SSSR count). The number of rotatable bonds is 3. The van der Waals surface area contributed by atoms with Crippen molar-refractivity contribution in [1.82, 2.24) is 4.90 Å². The van der Waals surface area contributed by atoms with E-state index in [9.17, 15) is 4.79 Å². The van der Waals surface area contributed by atoms with Crippen LogP contribution in [0.1, 0.15) is 27.5 Å². The van der Waals surface area contributed by atoms with Crippen LogP contribution in [0.4, 0.5) is 0 Å². The first-order valence-corrected chi connectivity index (χ1v) is 8.29. The van der Waals surface area contributed by atoms with Crippen LogP contribution in [0.2, 0.25) is 0 Å². The fraction of sp³-hybridized carbons (Fsp3) is 0.0952. The standard InChI is InChI=1S/C21H16ClNO/c22-21(18-14-8-3-9-15-18)19(16-10-4-1-5-11-16)23(21)20(24)17-12-6-2-7-13-17/h1-15,19H. The zero-order chi connectivity index (χ0) is 16.6. The second kappa shape index (κ2) is 5.81. The molecular formula is C21H16ClNO. The Morgan fingerprint density at radius 3 is 1.88 bits per heavy atom. The summed E-state index contributed by atoms with van der Waals surface area (Å²) in [6, 6.07) is 28.9. The highest BCUT2D eigenvalue weighted by molar-refractivity contribution is 6.28. The van der Waals surface area contributed by atoms with E-state index in [4.69, 9.17) is 11.6 Å². The van der Waals surface area contributed by atoms with Crippen molar-refractivity contribution in [2.45, 2.75) is 11.0 Å². The molecule has 1 heterocycles. The molecule has 2 unspecified atom stereocenters. The number of nitrogens with zero attached hydrogens (tertiary/aromatic N) is 1. The zero-order valence-corrected chi connectivity index (χ0v) is 13.7. The summed E-state index contributed by atoms with van der Waals surface area (Å²) in [6.07, 6.45) is 0. The maximum Gasteiger partial charge on any atom is 0.256 e. The SMILES string of the molecule is O=C(c1ccccc1)N1C(c2ccccc2)C1(Cl)c1ccccc1. The smallest absolute Gasteiger partial charge is 0.256 e. The summed E-state index contributed by atoms with van der Waals surface area (Å²) in [7, 11) is 0. The molecule has 118 valence electrons. The lowest BCUT2D eigenvalue weighted by atomic mass is 10.0. The van der Waals surface area contributed by atoms with E-state index in [0.29, 0.717) is 5.56 Å². The van der Waals surface area contributed by atoms with Crippen molar-refractivity contribution in [3.63, 3.8) is 0 Å². The molecule has 0 aromatic heterocycles. The van der Waals surface area contributed by atoms with Crippen molar-refractivity contribution in [3.8, 4) is 0 Å². The minimum atomic E-state index is -0.838. The maximum absolute atomic E-state index is 13.0. The van der Waals surface area contributed by atoms with Gasteiger partial charge in [-0.2, -0.15) is 0 Å². The van der Waals surface area contributed by atoms with E-state index in [-0.39, 0.29) is 11.9 Å². The highest BCUT2D eigenvalue weighted by atomic mass is 35.5. The second-order valence-corrected chi connectivity index (χ2v) is 6.47. The quantitative estimate of drug-likeness (QED) is 0.376. The number of hydrogen-bond acceptors (Lipinski definition) is 1. The molecule has 0 spiro atoms. The Bertz CT molecular complexity index is 851. The molecule has 3 aromatic rings. The average molecular weight is 334 g/mol. The number of benzene rings is 3. The number of alkyl halides is 1. The molecule has 1 aliphatic heterocycles. The van der Waals surface area contributed by atoms with Gasteiger partial charge < -0.3 is 4.90 Å². The molecule has 0 aliphatic carbocycles. The number of amides is 1. The van der Waals surface area contributed by atoms with Gasteiger partial charge in [0, 0.05) is 5.56 Å². The molecule has 24 heavy (non-hydrogen) atoms. The van der Waals surface area contributed by atoms with E-state index >= 15 is 0 Å². The molecule has 2 atom stereocenters.